The van der Waals surface area contributed by atoms with E-state index in [1.54, 1.807) is 11.0 Å². The van der Waals surface area contributed by atoms with E-state index in [0.717, 1.165) is 56.2 Å². The Kier molecular flexibility index (Phi) is 8.49. The zero-order valence-electron chi connectivity index (χ0n) is 23.7. The van der Waals surface area contributed by atoms with Crippen molar-refractivity contribution < 1.29 is 22.7 Å². The molecule has 3 heterocycles. The van der Waals surface area contributed by atoms with Gasteiger partial charge in [-0.25, -0.2) is 13.1 Å². The van der Waals surface area contributed by atoms with Crippen molar-refractivity contribution in [1.29, 1.82) is 5.26 Å². The number of sulfonamides is 1. The number of nitrogens with zero attached hydrogens (tertiary/aromatic N) is 3. The van der Waals surface area contributed by atoms with Gasteiger partial charge in [-0.1, -0.05) is 0 Å². The highest BCUT2D eigenvalue weighted by Crippen LogP contribution is 2.30. The van der Waals surface area contributed by atoms with Crippen LogP contribution in [-0.4, -0.2) is 88.2 Å². The highest BCUT2D eigenvalue weighted by atomic mass is 32.2. The van der Waals surface area contributed by atoms with Gasteiger partial charge >= 0.3 is 0 Å². The van der Waals surface area contributed by atoms with Gasteiger partial charge in [0.15, 0.2) is 0 Å². The van der Waals surface area contributed by atoms with Gasteiger partial charge < -0.3 is 19.4 Å². The van der Waals surface area contributed by atoms with Crippen LogP contribution in [0.1, 0.15) is 40.7 Å². The quantitative estimate of drug-likeness (QED) is 0.331. The van der Waals surface area contributed by atoms with Crippen LogP contribution in [0.3, 0.4) is 0 Å². The molecule has 11 heteroatoms. The molecule has 1 amide bonds. The van der Waals surface area contributed by atoms with Crippen LogP contribution in [0, 0.1) is 23.2 Å². The minimum atomic E-state index is -3.72. The highest BCUT2D eigenvalue weighted by molar-refractivity contribution is 7.89. The van der Waals surface area contributed by atoms with Crippen molar-refractivity contribution in [2.24, 2.45) is 11.8 Å². The van der Waals surface area contributed by atoms with Crippen molar-refractivity contribution in [1.82, 2.24) is 19.5 Å². The monoisotopic (exact) mass is 591 g/mol. The van der Waals surface area contributed by atoms with Gasteiger partial charge in [-0.15, -0.1) is 0 Å². The lowest BCUT2D eigenvalue weighted by Gasteiger charge is -2.35. The summed E-state index contributed by atoms with van der Waals surface area (Å²) in [6, 6.07) is 12.5. The fourth-order valence-corrected chi connectivity index (χ4v) is 6.63. The number of fused-ring (bicyclic) bond motifs is 1. The molecular formula is C31H37N5O5S. The Hall–Kier alpha value is -3.43. The SMILES string of the molecule is N#Cc1ccc2[nH]cc(CCCN3CCN(C(=O)c4cc(S(=O)(=O)NCC5CC5)ccc4OCC4COC4)CC3)c2c1. The molecule has 0 unspecified atom stereocenters. The number of amides is 1. The molecule has 2 N–H and O–H groups in total. The maximum Gasteiger partial charge on any atom is 0.257 e. The number of nitriles is 1. The number of carbonyl (C=O) groups is 1. The van der Waals surface area contributed by atoms with Gasteiger partial charge in [0.2, 0.25) is 10.0 Å². The Balaban J connectivity index is 1.07. The van der Waals surface area contributed by atoms with Gasteiger partial charge in [-0.05, 0) is 80.1 Å². The number of hydrogen-bond acceptors (Lipinski definition) is 7. The number of H-pyrrole nitrogens is 1. The van der Waals surface area contributed by atoms with Crippen molar-refractivity contribution in [3.63, 3.8) is 0 Å². The lowest BCUT2D eigenvalue weighted by Crippen LogP contribution is -2.49. The number of ether oxygens (including phenoxy) is 2. The molecule has 42 heavy (non-hydrogen) atoms. The predicted octanol–water partition coefficient (Wildman–Crippen LogP) is 3.14. The summed E-state index contributed by atoms with van der Waals surface area (Å²) in [5, 5.41) is 10.3. The second-order valence-corrected chi connectivity index (χ2v) is 13.4. The van der Waals surface area contributed by atoms with Crippen molar-refractivity contribution in [2.75, 3.05) is 59.1 Å². The fraction of sp³-hybridized carbons (Fsp3) is 0.484. The van der Waals surface area contributed by atoms with Gasteiger partial charge in [-0.3, -0.25) is 9.69 Å². The third-order valence-electron chi connectivity index (χ3n) is 8.41. The molecule has 0 atom stereocenters. The molecule has 10 nitrogen and oxygen atoms in total. The van der Waals surface area contributed by atoms with E-state index >= 15 is 0 Å². The molecule has 2 aliphatic heterocycles. The average molecular weight is 592 g/mol. The molecule has 1 saturated carbocycles. The van der Waals surface area contributed by atoms with Crippen LogP contribution in [0.4, 0.5) is 0 Å². The zero-order chi connectivity index (χ0) is 29.1. The van der Waals surface area contributed by atoms with E-state index in [0.29, 0.717) is 56.7 Å². The molecule has 0 spiro atoms. The second-order valence-electron chi connectivity index (χ2n) is 11.6. The summed E-state index contributed by atoms with van der Waals surface area (Å²) < 4.78 is 39.9. The molecule has 3 aromatic rings. The summed E-state index contributed by atoms with van der Waals surface area (Å²) in [5.74, 6) is 0.885. The first-order valence-corrected chi connectivity index (χ1v) is 16.2. The topological polar surface area (TPSA) is 128 Å². The van der Waals surface area contributed by atoms with Crippen LogP contribution in [0.25, 0.3) is 10.9 Å². The Labute approximate surface area is 246 Å². The van der Waals surface area contributed by atoms with E-state index in [2.05, 4.69) is 20.7 Å². The van der Waals surface area contributed by atoms with Gasteiger partial charge in [0.05, 0.1) is 41.9 Å². The second kappa shape index (κ2) is 12.4. The fourth-order valence-electron chi connectivity index (χ4n) is 5.48. The van der Waals surface area contributed by atoms with E-state index in [9.17, 15) is 18.5 Å². The number of hydrogen-bond donors (Lipinski definition) is 2. The molecule has 1 aromatic heterocycles. The van der Waals surface area contributed by atoms with E-state index in [1.807, 2.05) is 24.4 Å². The number of benzene rings is 2. The van der Waals surface area contributed by atoms with Gasteiger partial charge in [0.1, 0.15) is 5.75 Å². The van der Waals surface area contributed by atoms with E-state index in [-0.39, 0.29) is 22.3 Å². The van der Waals surface area contributed by atoms with Crippen LogP contribution in [0.2, 0.25) is 0 Å². The number of nitrogens with one attached hydrogen (secondary N) is 2. The molecule has 6 rings (SSSR count). The summed E-state index contributed by atoms with van der Waals surface area (Å²) in [6.07, 6.45) is 5.98. The molecule has 1 aliphatic carbocycles. The Morgan fingerprint density at radius 3 is 2.62 bits per heavy atom. The van der Waals surface area contributed by atoms with Crippen LogP contribution >= 0.6 is 0 Å². The number of rotatable bonds is 12. The lowest BCUT2D eigenvalue weighted by atomic mass is 10.1. The molecule has 2 saturated heterocycles. The minimum Gasteiger partial charge on any atom is -0.492 e. The molecule has 3 aliphatic rings. The largest absolute Gasteiger partial charge is 0.492 e. The summed E-state index contributed by atoms with van der Waals surface area (Å²) >= 11 is 0. The molecule has 3 fully saturated rings. The third kappa shape index (κ3) is 6.63. The lowest BCUT2D eigenvalue weighted by molar-refractivity contribution is -0.0509. The zero-order valence-corrected chi connectivity index (χ0v) is 24.5. The summed E-state index contributed by atoms with van der Waals surface area (Å²) in [5.41, 5.74) is 3.19. The smallest absolute Gasteiger partial charge is 0.257 e. The Morgan fingerprint density at radius 2 is 1.90 bits per heavy atom. The first-order valence-electron chi connectivity index (χ1n) is 14.8. The summed E-state index contributed by atoms with van der Waals surface area (Å²) in [6.45, 7) is 5.62. The molecule has 0 radical (unpaired) electrons. The summed E-state index contributed by atoms with van der Waals surface area (Å²) in [4.78, 5) is 21.2. The average Bonchev–Trinajstić information content (AvgIpc) is 3.74. The van der Waals surface area contributed by atoms with Crippen molar-refractivity contribution in [3.05, 3.63) is 59.3 Å². The maximum absolute atomic E-state index is 13.7. The predicted molar refractivity (Wildman–Crippen MR) is 158 cm³/mol. The number of aromatic nitrogens is 1. The van der Waals surface area contributed by atoms with E-state index in [1.165, 1.54) is 17.7 Å². The first-order chi connectivity index (χ1) is 20.4. The molecule has 2 aromatic carbocycles. The molecular weight excluding hydrogens is 554 g/mol. The minimum absolute atomic E-state index is 0.0867. The summed E-state index contributed by atoms with van der Waals surface area (Å²) in [7, 11) is -3.72. The number of carbonyl (C=O) groups excluding carboxylic acids is 1. The van der Waals surface area contributed by atoms with Crippen LogP contribution < -0.4 is 9.46 Å². The van der Waals surface area contributed by atoms with Crippen molar-refractivity contribution >= 4 is 26.8 Å². The van der Waals surface area contributed by atoms with Crippen LogP contribution in [-0.2, 0) is 21.2 Å². The Morgan fingerprint density at radius 1 is 1.10 bits per heavy atom. The van der Waals surface area contributed by atoms with E-state index in [4.69, 9.17) is 9.47 Å². The van der Waals surface area contributed by atoms with Gasteiger partial charge in [-0.2, -0.15) is 5.26 Å². The molecule has 222 valence electrons. The number of aromatic amines is 1. The van der Waals surface area contributed by atoms with Crippen molar-refractivity contribution in [2.45, 2.75) is 30.6 Å². The van der Waals surface area contributed by atoms with Gasteiger partial charge in [0, 0.05) is 55.7 Å². The third-order valence-corrected chi connectivity index (χ3v) is 9.83. The first kappa shape index (κ1) is 28.7. The highest BCUT2D eigenvalue weighted by Gasteiger charge is 2.29. The van der Waals surface area contributed by atoms with Crippen LogP contribution in [0.15, 0.2) is 47.5 Å². The maximum atomic E-state index is 13.7. The number of aryl methyl sites for hydroxylation is 1. The normalized spacial score (nSPS) is 18.1. The van der Waals surface area contributed by atoms with Crippen LogP contribution in [0.5, 0.6) is 5.75 Å². The van der Waals surface area contributed by atoms with Gasteiger partial charge in [0.25, 0.3) is 5.91 Å². The standard InChI is InChI=1S/C31H37N5O5S/c32-16-23-5-7-29-27(14-23)25(18-33-29)2-1-9-35-10-12-36(13-11-35)31(37)28-15-26(42(38,39)34-17-22-3-4-22)6-8-30(28)41-21-24-19-40-20-24/h5-8,14-15,18,22,24,33-34H,1-4,9-13,17,19-21H2. The molecule has 0 bridgehead atoms. The Bertz CT molecular complexity index is 1580. The number of piperazine rings is 1. The van der Waals surface area contributed by atoms with Crippen molar-refractivity contribution in [3.8, 4) is 11.8 Å². The van der Waals surface area contributed by atoms with E-state index < -0.39 is 10.0 Å².